The van der Waals surface area contributed by atoms with Crippen LogP contribution in [-0.4, -0.2) is 51.9 Å². The first kappa shape index (κ1) is 22.8. The number of hydrogen-bond acceptors (Lipinski definition) is 4. The number of benzene rings is 1. The maximum atomic E-state index is 13.7. The van der Waals surface area contributed by atoms with Gasteiger partial charge in [0.1, 0.15) is 10.7 Å². The van der Waals surface area contributed by atoms with E-state index in [1.807, 2.05) is 7.05 Å². The highest BCUT2D eigenvalue weighted by Crippen LogP contribution is 2.21. The molecule has 1 aliphatic rings. The summed E-state index contributed by atoms with van der Waals surface area (Å²) in [4.78, 5) is 13.7. The SMILES string of the molecule is CNCCC1CCN(C(=O)C(C)NS(=O)(=O)c2ccccc2F)CC1.Cl. The number of halogens is 2. The molecule has 1 unspecified atom stereocenters. The number of nitrogens with zero attached hydrogens (tertiary/aromatic N) is 1. The second-order valence-corrected chi connectivity index (χ2v) is 8.12. The summed E-state index contributed by atoms with van der Waals surface area (Å²) in [5, 5.41) is 3.13. The van der Waals surface area contributed by atoms with Gasteiger partial charge in [0.25, 0.3) is 0 Å². The number of likely N-dealkylation sites (tertiary alicyclic amines) is 1. The molecule has 1 fully saturated rings. The molecule has 148 valence electrons. The van der Waals surface area contributed by atoms with E-state index in [0.717, 1.165) is 31.9 Å². The van der Waals surface area contributed by atoms with Crippen LogP contribution in [0.2, 0.25) is 0 Å². The fourth-order valence-corrected chi connectivity index (χ4v) is 4.35. The molecule has 0 aromatic heterocycles. The van der Waals surface area contributed by atoms with Gasteiger partial charge in [-0.25, -0.2) is 12.8 Å². The van der Waals surface area contributed by atoms with Crippen LogP contribution in [0.3, 0.4) is 0 Å². The van der Waals surface area contributed by atoms with Crippen molar-refractivity contribution in [3.8, 4) is 0 Å². The van der Waals surface area contributed by atoms with Crippen molar-refractivity contribution in [3.05, 3.63) is 30.1 Å². The van der Waals surface area contributed by atoms with Crippen LogP contribution >= 0.6 is 12.4 Å². The standard InChI is InChI=1S/C17H26FN3O3S.ClH/c1-13(20-25(23,24)16-6-4-3-5-15(16)18)17(22)21-11-8-14(9-12-21)7-10-19-2;/h3-6,13-14,19-20H,7-12H2,1-2H3;1H. The van der Waals surface area contributed by atoms with Crippen LogP contribution in [-0.2, 0) is 14.8 Å². The van der Waals surface area contributed by atoms with Crippen LogP contribution in [0.25, 0.3) is 0 Å². The van der Waals surface area contributed by atoms with E-state index in [1.165, 1.54) is 25.1 Å². The van der Waals surface area contributed by atoms with Gasteiger partial charge in [-0.05, 0) is 57.8 Å². The number of nitrogens with one attached hydrogen (secondary N) is 2. The summed E-state index contributed by atoms with van der Waals surface area (Å²) in [5.74, 6) is -0.520. The Morgan fingerprint density at radius 2 is 1.92 bits per heavy atom. The number of amides is 1. The minimum absolute atomic E-state index is 0. The smallest absolute Gasteiger partial charge is 0.244 e. The van der Waals surface area contributed by atoms with Crippen LogP contribution in [0.4, 0.5) is 4.39 Å². The topological polar surface area (TPSA) is 78.5 Å². The van der Waals surface area contributed by atoms with Crippen LogP contribution in [0, 0.1) is 11.7 Å². The molecule has 9 heteroatoms. The van der Waals surface area contributed by atoms with E-state index in [-0.39, 0.29) is 18.3 Å². The average Bonchev–Trinajstić information content (AvgIpc) is 2.59. The van der Waals surface area contributed by atoms with Gasteiger partial charge >= 0.3 is 0 Å². The fourth-order valence-electron chi connectivity index (χ4n) is 3.07. The Morgan fingerprint density at radius 3 is 2.50 bits per heavy atom. The Bertz CT molecular complexity index is 694. The molecule has 1 saturated heterocycles. The monoisotopic (exact) mass is 407 g/mol. The van der Waals surface area contributed by atoms with Gasteiger partial charge in [-0.15, -0.1) is 12.4 Å². The van der Waals surface area contributed by atoms with Gasteiger partial charge in [0, 0.05) is 13.1 Å². The summed E-state index contributed by atoms with van der Waals surface area (Å²) in [5.41, 5.74) is 0. The predicted molar refractivity (Wildman–Crippen MR) is 101 cm³/mol. The van der Waals surface area contributed by atoms with Crippen molar-refractivity contribution in [1.29, 1.82) is 0 Å². The van der Waals surface area contributed by atoms with Gasteiger partial charge in [0.15, 0.2) is 0 Å². The Morgan fingerprint density at radius 1 is 1.31 bits per heavy atom. The summed E-state index contributed by atoms with van der Waals surface area (Å²) in [6, 6.07) is 4.19. The molecule has 0 spiro atoms. The summed E-state index contributed by atoms with van der Waals surface area (Å²) in [6.45, 7) is 3.70. The molecule has 1 aromatic carbocycles. The Balaban J connectivity index is 0.00000338. The second-order valence-electron chi connectivity index (χ2n) is 6.43. The lowest BCUT2D eigenvalue weighted by molar-refractivity contribution is -0.134. The van der Waals surface area contributed by atoms with Crippen molar-refractivity contribution in [3.63, 3.8) is 0 Å². The third-order valence-corrected chi connectivity index (χ3v) is 6.13. The highest BCUT2D eigenvalue weighted by atomic mass is 35.5. The van der Waals surface area contributed by atoms with E-state index in [9.17, 15) is 17.6 Å². The molecule has 0 aliphatic carbocycles. The molecule has 6 nitrogen and oxygen atoms in total. The molecular weight excluding hydrogens is 381 g/mol. The largest absolute Gasteiger partial charge is 0.341 e. The van der Waals surface area contributed by atoms with Crippen LogP contribution in [0.15, 0.2) is 29.2 Å². The molecule has 26 heavy (non-hydrogen) atoms. The summed E-state index contributed by atoms with van der Waals surface area (Å²) in [6.07, 6.45) is 2.91. The lowest BCUT2D eigenvalue weighted by Crippen LogP contribution is -2.49. The van der Waals surface area contributed by atoms with Gasteiger partial charge in [-0.1, -0.05) is 12.1 Å². The fraction of sp³-hybridized carbons (Fsp3) is 0.588. The molecule has 0 radical (unpaired) electrons. The number of carbonyl (C=O) groups excluding carboxylic acids is 1. The first-order chi connectivity index (χ1) is 11.8. The zero-order valence-corrected chi connectivity index (χ0v) is 16.7. The average molecular weight is 408 g/mol. The van der Waals surface area contributed by atoms with Crippen molar-refractivity contribution in [2.24, 2.45) is 5.92 Å². The molecule has 1 aliphatic heterocycles. The molecule has 2 N–H and O–H groups in total. The predicted octanol–water partition coefficient (Wildman–Crippen LogP) is 1.76. The van der Waals surface area contributed by atoms with Crippen LogP contribution in [0.1, 0.15) is 26.2 Å². The lowest BCUT2D eigenvalue weighted by Gasteiger charge is -2.33. The van der Waals surface area contributed by atoms with Gasteiger partial charge in [-0.3, -0.25) is 4.79 Å². The summed E-state index contributed by atoms with van der Waals surface area (Å²) < 4.78 is 40.6. The van der Waals surface area contributed by atoms with Crippen molar-refractivity contribution in [2.75, 3.05) is 26.7 Å². The molecule has 1 heterocycles. The van der Waals surface area contributed by atoms with Gasteiger partial charge in [0.05, 0.1) is 6.04 Å². The second kappa shape index (κ2) is 10.2. The van der Waals surface area contributed by atoms with Gasteiger partial charge in [0.2, 0.25) is 15.9 Å². The third-order valence-electron chi connectivity index (χ3n) is 4.56. The molecule has 0 saturated carbocycles. The van der Waals surface area contributed by atoms with Crippen molar-refractivity contribution >= 4 is 28.3 Å². The zero-order chi connectivity index (χ0) is 18.4. The molecule has 0 bridgehead atoms. The molecule has 1 amide bonds. The minimum atomic E-state index is -4.08. The number of piperidine rings is 1. The first-order valence-electron chi connectivity index (χ1n) is 8.55. The Hall–Kier alpha value is -1.22. The number of hydrogen-bond donors (Lipinski definition) is 2. The molecule has 1 atom stereocenters. The maximum absolute atomic E-state index is 13.7. The highest BCUT2D eigenvalue weighted by Gasteiger charge is 2.29. The van der Waals surface area contributed by atoms with E-state index in [0.29, 0.717) is 19.0 Å². The highest BCUT2D eigenvalue weighted by molar-refractivity contribution is 7.89. The van der Waals surface area contributed by atoms with E-state index >= 15 is 0 Å². The minimum Gasteiger partial charge on any atom is -0.341 e. The summed E-state index contributed by atoms with van der Waals surface area (Å²) >= 11 is 0. The van der Waals surface area contributed by atoms with Gasteiger partial charge < -0.3 is 10.2 Å². The van der Waals surface area contributed by atoms with Crippen molar-refractivity contribution in [1.82, 2.24) is 14.9 Å². The molecule has 1 aromatic rings. The molecular formula is C17H27ClFN3O3S. The Labute approximate surface area is 161 Å². The van der Waals surface area contributed by atoms with Crippen LogP contribution in [0.5, 0.6) is 0 Å². The summed E-state index contributed by atoms with van der Waals surface area (Å²) in [7, 11) is -2.16. The quantitative estimate of drug-likeness (QED) is 0.722. The van der Waals surface area contributed by atoms with Crippen molar-refractivity contribution < 1.29 is 17.6 Å². The van der Waals surface area contributed by atoms with Crippen LogP contribution < -0.4 is 10.0 Å². The maximum Gasteiger partial charge on any atom is 0.244 e. The Kier molecular flexibility index (Phi) is 8.95. The number of rotatable bonds is 7. The normalized spacial score (nSPS) is 16.8. The lowest BCUT2D eigenvalue weighted by atomic mass is 9.93. The molecule has 2 rings (SSSR count). The third kappa shape index (κ3) is 5.90. The van der Waals surface area contributed by atoms with E-state index in [4.69, 9.17) is 0 Å². The van der Waals surface area contributed by atoms with E-state index in [1.54, 1.807) is 4.90 Å². The first-order valence-corrected chi connectivity index (χ1v) is 10.0. The van der Waals surface area contributed by atoms with Crippen molar-refractivity contribution in [2.45, 2.75) is 37.1 Å². The number of sulfonamides is 1. The van der Waals surface area contributed by atoms with E-state index in [2.05, 4.69) is 10.0 Å². The number of carbonyl (C=O) groups is 1. The van der Waals surface area contributed by atoms with Gasteiger partial charge in [-0.2, -0.15) is 4.72 Å². The zero-order valence-electron chi connectivity index (χ0n) is 15.1. The van der Waals surface area contributed by atoms with E-state index < -0.39 is 26.8 Å².